The van der Waals surface area contributed by atoms with E-state index in [1.807, 2.05) is 0 Å². The van der Waals surface area contributed by atoms with Gasteiger partial charge in [0.25, 0.3) is 0 Å². The molecule has 0 bridgehead atoms. The number of hydrogen-bond donors (Lipinski definition) is 0. The molecule has 6 atom stereocenters. The lowest BCUT2D eigenvalue weighted by Gasteiger charge is -2.53. The van der Waals surface area contributed by atoms with Crippen LogP contribution in [-0.2, 0) is 18.9 Å². The Balaban J connectivity index is 1.63. The molecule has 0 radical (unpaired) electrons. The van der Waals surface area contributed by atoms with Crippen LogP contribution in [0.5, 0.6) is 0 Å². The Morgan fingerprint density at radius 1 is 0.852 bits per heavy atom. The first-order valence-corrected chi connectivity index (χ1v) is 30.6. The van der Waals surface area contributed by atoms with Crippen molar-refractivity contribution in [3.05, 3.63) is 70.8 Å². The standard InChI is InChI=1S/C48H80O3Si3/c1-35(28-29-37-23-19-20-25-42(37)47(9,10)51-52(12,13)14)41-26-21-27-43-38(24-22-32-48(41,43)11)30-31-39-33-40(49-53(15,16)45(3,4)5)34-44(36(39)2)50-54(17,18)46(6,7)8/h19-20,23,25,30-31,35,40-41,43-44H,2,21-22,24,26-27,32-34H2,1,3-18H3/b38-30+,39-31-/t35-,40-,41-,43+,44+,48-/m1/s1. The molecule has 0 unspecified atom stereocenters. The zero-order valence-electron chi connectivity index (χ0n) is 37.9. The Hall–Kier alpha value is -1.47. The van der Waals surface area contributed by atoms with Crippen molar-refractivity contribution in [2.75, 3.05) is 0 Å². The van der Waals surface area contributed by atoms with Gasteiger partial charge >= 0.3 is 0 Å². The molecule has 302 valence electrons. The molecule has 6 heteroatoms. The molecule has 0 amide bonds. The van der Waals surface area contributed by atoms with Crippen LogP contribution in [0.4, 0.5) is 0 Å². The molecule has 0 N–H and O–H groups in total. The van der Waals surface area contributed by atoms with Crippen molar-refractivity contribution in [3.63, 3.8) is 0 Å². The second-order valence-electron chi connectivity index (χ2n) is 22.0. The maximum atomic E-state index is 7.15. The van der Waals surface area contributed by atoms with Crippen LogP contribution in [0.15, 0.2) is 59.7 Å². The van der Waals surface area contributed by atoms with E-state index in [1.54, 1.807) is 5.57 Å². The van der Waals surface area contributed by atoms with Crippen molar-refractivity contribution >= 4 is 25.0 Å². The average molecular weight is 789 g/mol. The van der Waals surface area contributed by atoms with Crippen molar-refractivity contribution in [1.29, 1.82) is 0 Å². The lowest BCUT2D eigenvalue weighted by Crippen LogP contribution is -2.49. The van der Waals surface area contributed by atoms with Gasteiger partial charge < -0.3 is 13.3 Å². The first kappa shape index (κ1) is 45.2. The maximum Gasteiger partial charge on any atom is 0.192 e. The lowest BCUT2D eigenvalue weighted by atomic mass is 9.52. The average Bonchev–Trinajstić information content (AvgIpc) is 3.01. The molecule has 0 aromatic heterocycles. The van der Waals surface area contributed by atoms with E-state index in [0.717, 1.165) is 18.4 Å². The molecule has 0 saturated heterocycles. The van der Waals surface area contributed by atoms with Gasteiger partial charge in [0.15, 0.2) is 25.0 Å². The predicted octanol–water partition coefficient (Wildman–Crippen LogP) is 14.4. The summed E-state index contributed by atoms with van der Waals surface area (Å²) in [6.45, 7) is 44.5. The van der Waals surface area contributed by atoms with E-state index in [9.17, 15) is 0 Å². The molecule has 0 heterocycles. The smallest absolute Gasteiger partial charge is 0.192 e. The van der Waals surface area contributed by atoms with Crippen LogP contribution in [0, 0.1) is 35.0 Å². The first-order chi connectivity index (χ1) is 24.6. The molecule has 3 nitrogen and oxygen atoms in total. The van der Waals surface area contributed by atoms with Gasteiger partial charge in [-0.05, 0) is 148 Å². The highest BCUT2D eigenvalue weighted by molar-refractivity contribution is 6.74. The molecule has 0 aliphatic heterocycles. The van der Waals surface area contributed by atoms with Gasteiger partial charge in [-0.1, -0.05) is 116 Å². The summed E-state index contributed by atoms with van der Waals surface area (Å²) in [4.78, 5) is 0. The fourth-order valence-corrected chi connectivity index (χ4v) is 13.6. The molecule has 54 heavy (non-hydrogen) atoms. The Labute approximate surface area is 337 Å². The fraction of sp³-hybridized carbons (Fsp3) is 0.708. The van der Waals surface area contributed by atoms with Crippen LogP contribution in [0.3, 0.4) is 0 Å². The van der Waals surface area contributed by atoms with Gasteiger partial charge in [0.1, 0.15) is 0 Å². The van der Waals surface area contributed by atoms with Crippen LogP contribution < -0.4 is 0 Å². The minimum absolute atomic E-state index is 0.00646. The zero-order chi connectivity index (χ0) is 40.7. The van der Waals surface area contributed by atoms with E-state index in [-0.39, 0.29) is 33.3 Å². The molecule has 0 spiro atoms. The zero-order valence-corrected chi connectivity index (χ0v) is 40.9. The van der Waals surface area contributed by atoms with Crippen molar-refractivity contribution < 1.29 is 13.3 Å². The van der Waals surface area contributed by atoms with Gasteiger partial charge in [-0.2, -0.15) is 0 Å². The summed E-state index contributed by atoms with van der Waals surface area (Å²) in [5.74, 6) is 9.00. The van der Waals surface area contributed by atoms with E-state index < -0.39 is 25.0 Å². The molecule has 4 rings (SSSR count). The van der Waals surface area contributed by atoms with Gasteiger partial charge in [0, 0.05) is 17.9 Å². The fourth-order valence-electron chi connectivity index (χ4n) is 9.29. The molecule has 3 aliphatic carbocycles. The molecule has 3 aliphatic rings. The number of benzene rings is 1. The summed E-state index contributed by atoms with van der Waals surface area (Å²) < 4.78 is 21.0. The second kappa shape index (κ2) is 16.4. The van der Waals surface area contributed by atoms with Gasteiger partial charge in [-0.3, -0.25) is 0 Å². The van der Waals surface area contributed by atoms with E-state index in [1.165, 1.54) is 55.2 Å². The highest BCUT2D eigenvalue weighted by Gasteiger charge is 2.49. The lowest BCUT2D eigenvalue weighted by molar-refractivity contribution is 0.0143. The van der Waals surface area contributed by atoms with Crippen LogP contribution in [0.1, 0.15) is 132 Å². The second-order valence-corrected chi connectivity index (χ2v) is 36.0. The number of rotatable bonds is 9. The van der Waals surface area contributed by atoms with Gasteiger partial charge in [0.05, 0.1) is 17.8 Å². The van der Waals surface area contributed by atoms with Crippen LogP contribution in [0.2, 0.25) is 55.9 Å². The maximum absolute atomic E-state index is 7.15. The summed E-state index contributed by atoms with van der Waals surface area (Å²) in [5, 5.41) is 0.302. The molecule has 1 aromatic rings. The predicted molar refractivity (Wildman–Crippen MR) is 241 cm³/mol. The quantitative estimate of drug-likeness (QED) is 0.184. The molecular weight excluding hydrogens is 709 g/mol. The topological polar surface area (TPSA) is 27.7 Å². The highest BCUT2D eigenvalue weighted by atomic mass is 28.4. The summed E-state index contributed by atoms with van der Waals surface area (Å²) in [6, 6.07) is 8.65. The Morgan fingerprint density at radius 2 is 1.46 bits per heavy atom. The van der Waals surface area contributed by atoms with E-state index in [0.29, 0.717) is 17.8 Å². The normalized spacial score (nSPS) is 28.4. The summed E-state index contributed by atoms with van der Waals surface area (Å²) in [5.41, 5.74) is 6.35. The van der Waals surface area contributed by atoms with E-state index in [4.69, 9.17) is 19.9 Å². The minimum atomic E-state index is -2.01. The summed E-state index contributed by atoms with van der Waals surface area (Å²) in [6.07, 6.45) is 14.5. The molecule has 3 saturated carbocycles. The number of hydrogen-bond acceptors (Lipinski definition) is 3. The monoisotopic (exact) mass is 789 g/mol. The van der Waals surface area contributed by atoms with Gasteiger partial charge in [0.2, 0.25) is 0 Å². The first-order valence-electron chi connectivity index (χ1n) is 21.3. The number of fused-ring (bicyclic) bond motifs is 1. The van der Waals surface area contributed by atoms with Crippen molar-refractivity contribution in [3.8, 4) is 11.8 Å². The highest BCUT2D eigenvalue weighted by Crippen LogP contribution is 2.57. The Kier molecular flexibility index (Phi) is 13.8. The molecule has 1 aromatic carbocycles. The van der Waals surface area contributed by atoms with E-state index in [2.05, 4.69) is 163 Å². The third-order valence-corrected chi connectivity index (χ3v) is 24.3. The van der Waals surface area contributed by atoms with Gasteiger partial charge in [-0.15, -0.1) is 0 Å². The third kappa shape index (κ3) is 10.5. The van der Waals surface area contributed by atoms with Crippen LogP contribution >= 0.6 is 0 Å². The van der Waals surface area contributed by atoms with Crippen LogP contribution in [-0.4, -0.2) is 37.2 Å². The molecular formula is C48H80O3Si3. The minimum Gasteiger partial charge on any atom is -0.413 e. The SMILES string of the molecule is C=C1/C(=C\C=C2/CCC[C@]3(C)[C@@H]([C@H](C)C#Cc4ccccc4C(C)(C)O[Si](C)(C)C)CCC[C@@H]23)C[C@@H](O[Si](C)(C)C(C)(C)C)C[C@@H]1O[Si](C)(C)C(C)(C)C. The van der Waals surface area contributed by atoms with Crippen molar-refractivity contribution in [2.24, 2.45) is 23.2 Å². The Morgan fingerprint density at radius 3 is 2.07 bits per heavy atom. The van der Waals surface area contributed by atoms with Crippen LogP contribution in [0.25, 0.3) is 0 Å². The van der Waals surface area contributed by atoms with E-state index >= 15 is 0 Å². The molecule has 3 fully saturated rings. The van der Waals surface area contributed by atoms with Crippen molar-refractivity contribution in [2.45, 2.75) is 194 Å². The summed E-state index contributed by atoms with van der Waals surface area (Å²) in [7, 11) is -5.71. The third-order valence-electron chi connectivity index (χ3n) is 14.2. The number of allylic oxidation sites excluding steroid dienone is 3. The summed E-state index contributed by atoms with van der Waals surface area (Å²) >= 11 is 0. The van der Waals surface area contributed by atoms with Gasteiger partial charge in [-0.25, -0.2) is 0 Å². The Bertz CT molecular complexity index is 1620. The van der Waals surface area contributed by atoms with Crippen molar-refractivity contribution in [1.82, 2.24) is 0 Å². The largest absolute Gasteiger partial charge is 0.413 e.